The van der Waals surface area contributed by atoms with Crippen molar-refractivity contribution in [3.63, 3.8) is 0 Å². The van der Waals surface area contributed by atoms with E-state index >= 15 is 0 Å². The van der Waals surface area contributed by atoms with Gasteiger partial charge in [-0.05, 0) is 37.6 Å². The summed E-state index contributed by atoms with van der Waals surface area (Å²) in [5.41, 5.74) is -0.295. The highest BCUT2D eigenvalue weighted by molar-refractivity contribution is 5.78. The normalized spacial score (nSPS) is 18.9. The van der Waals surface area contributed by atoms with E-state index in [2.05, 4.69) is 38.5 Å². The summed E-state index contributed by atoms with van der Waals surface area (Å²) in [5.74, 6) is 0.942. The molecule has 202 valence electrons. The molecule has 2 aliphatic heterocycles. The number of anilines is 1. The van der Waals surface area contributed by atoms with E-state index in [-0.39, 0.29) is 5.91 Å². The van der Waals surface area contributed by atoms with Crippen molar-refractivity contribution >= 4 is 11.7 Å². The first-order valence-electron chi connectivity index (χ1n) is 13.2. The van der Waals surface area contributed by atoms with Crippen LogP contribution in [0.4, 0.5) is 19.0 Å². The number of hydrogen-bond acceptors (Lipinski definition) is 6. The first-order chi connectivity index (χ1) is 17.7. The number of carbonyl (C=O) groups excluding carboxylic acids is 1. The van der Waals surface area contributed by atoms with Crippen LogP contribution in [0.25, 0.3) is 0 Å². The number of rotatable bonds is 8. The molecule has 0 N–H and O–H groups in total. The number of likely N-dealkylation sites (N-methyl/N-ethyl adjacent to an activating group) is 1. The van der Waals surface area contributed by atoms with E-state index in [4.69, 9.17) is 0 Å². The zero-order chi connectivity index (χ0) is 26.5. The minimum Gasteiger partial charge on any atom is -0.353 e. The fourth-order valence-corrected chi connectivity index (χ4v) is 5.50. The van der Waals surface area contributed by atoms with Crippen molar-refractivity contribution in [2.75, 3.05) is 70.3 Å². The molecule has 2 saturated heterocycles. The lowest BCUT2D eigenvalue weighted by Gasteiger charge is -2.45. The highest BCUT2D eigenvalue weighted by atomic mass is 19.4. The van der Waals surface area contributed by atoms with Crippen LogP contribution in [0.5, 0.6) is 0 Å². The Labute approximate surface area is 217 Å². The number of likely N-dealkylation sites (tertiary alicyclic amines) is 1. The summed E-state index contributed by atoms with van der Waals surface area (Å²) in [6.45, 7) is 11.1. The van der Waals surface area contributed by atoms with Gasteiger partial charge in [-0.2, -0.15) is 13.2 Å². The average molecular weight is 519 g/mol. The van der Waals surface area contributed by atoms with Gasteiger partial charge in [0.1, 0.15) is 5.82 Å². The number of alkyl halides is 3. The summed E-state index contributed by atoms with van der Waals surface area (Å²) >= 11 is 0. The molecular formula is C27H37F3N6O. The lowest BCUT2D eigenvalue weighted by molar-refractivity contribution is -0.137. The lowest BCUT2D eigenvalue weighted by Crippen LogP contribution is -2.54. The Morgan fingerprint density at radius 1 is 1.03 bits per heavy atom. The van der Waals surface area contributed by atoms with Gasteiger partial charge < -0.3 is 14.7 Å². The molecule has 37 heavy (non-hydrogen) atoms. The second kappa shape index (κ2) is 11.8. The molecule has 1 aromatic heterocycles. The van der Waals surface area contributed by atoms with E-state index in [0.717, 1.165) is 56.7 Å². The number of carbonyl (C=O) groups is 1. The van der Waals surface area contributed by atoms with Crippen molar-refractivity contribution < 1.29 is 18.0 Å². The molecule has 0 unspecified atom stereocenters. The highest BCUT2D eigenvalue weighted by Gasteiger charge is 2.40. The van der Waals surface area contributed by atoms with Crippen LogP contribution in [0, 0.1) is 0 Å². The molecule has 1 aromatic carbocycles. The van der Waals surface area contributed by atoms with Crippen LogP contribution in [-0.2, 0) is 16.4 Å². The van der Waals surface area contributed by atoms with Crippen LogP contribution in [0.15, 0.2) is 42.9 Å². The third-order valence-corrected chi connectivity index (χ3v) is 7.90. The molecule has 7 nitrogen and oxygen atoms in total. The monoisotopic (exact) mass is 518 g/mol. The van der Waals surface area contributed by atoms with E-state index in [1.807, 2.05) is 11.0 Å². The number of amides is 1. The van der Waals surface area contributed by atoms with Crippen molar-refractivity contribution in [1.82, 2.24) is 24.7 Å². The molecule has 0 atom stereocenters. The Hall–Kier alpha value is -2.72. The lowest BCUT2D eigenvalue weighted by atomic mass is 9.71. The molecule has 0 spiro atoms. The molecule has 0 bridgehead atoms. The summed E-state index contributed by atoms with van der Waals surface area (Å²) in [6.07, 6.45) is 2.01. The van der Waals surface area contributed by atoms with Crippen LogP contribution in [0.2, 0.25) is 0 Å². The maximum absolute atomic E-state index is 13.5. The first-order valence-corrected chi connectivity index (χ1v) is 13.2. The Morgan fingerprint density at radius 3 is 2.32 bits per heavy atom. The molecule has 2 aromatic rings. The molecule has 4 rings (SSSR count). The van der Waals surface area contributed by atoms with E-state index in [1.54, 1.807) is 18.6 Å². The van der Waals surface area contributed by atoms with Gasteiger partial charge in [-0.3, -0.25) is 14.7 Å². The zero-order valence-electron chi connectivity index (χ0n) is 21.8. The highest BCUT2D eigenvalue weighted by Crippen LogP contribution is 2.39. The fourth-order valence-electron chi connectivity index (χ4n) is 5.50. The number of piperazine rings is 1. The largest absolute Gasteiger partial charge is 0.416 e. The molecule has 0 radical (unpaired) electrons. The van der Waals surface area contributed by atoms with Gasteiger partial charge in [-0.25, -0.2) is 4.98 Å². The molecule has 2 aliphatic rings. The summed E-state index contributed by atoms with van der Waals surface area (Å²) in [5, 5.41) is 0. The number of halogens is 3. The van der Waals surface area contributed by atoms with E-state index in [9.17, 15) is 18.0 Å². The van der Waals surface area contributed by atoms with Crippen molar-refractivity contribution in [3.8, 4) is 0 Å². The van der Waals surface area contributed by atoms with Gasteiger partial charge in [0.05, 0.1) is 18.3 Å². The van der Waals surface area contributed by atoms with E-state index < -0.39 is 17.2 Å². The molecule has 0 aliphatic carbocycles. The molecule has 0 saturated carbocycles. The molecule has 2 fully saturated rings. The second-order valence-electron chi connectivity index (χ2n) is 10.0. The van der Waals surface area contributed by atoms with Crippen LogP contribution in [0.1, 0.15) is 37.8 Å². The summed E-state index contributed by atoms with van der Waals surface area (Å²) in [7, 11) is 0. The smallest absolute Gasteiger partial charge is 0.353 e. The van der Waals surface area contributed by atoms with Gasteiger partial charge in [-0.15, -0.1) is 0 Å². The quantitative estimate of drug-likeness (QED) is 0.533. The van der Waals surface area contributed by atoms with Gasteiger partial charge in [0.15, 0.2) is 0 Å². The topological polar surface area (TPSA) is 55.8 Å². The summed E-state index contributed by atoms with van der Waals surface area (Å²) in [4.78, 5) is 30.2. The maximum atomic E-state index is 13.5. The van der Waals surface area contributed by atoms with Crippen LogP contribution >= 0.6 is 0 Å². The number of aromatic nitrogens is 2. The number of piperidine rings is 1. The fraction of sp³-hybridized carbons (Fsp3) is 0.593. The minimum absolute atomic E-state index is 0.0911. The van der Waals surface area contributed by atoms with Gasteiger partial charge in [-0.1, -0.05) is 32.0 Å². The minimum atomic E-state index is -4.37. The predicted molar refractivity (Wildman–Crippen MR) is 137 cm³/mol. The van der Waals surface area contributed by atoms with E-state index in [1.165, 1.54) is 12.1 Å². The summed E-state index contributed by atoms with van der Waals surface area (Å²) in [6, 6.07) is 5.79. The number of hydrogen-bond donors (Lipinski definition) is 0. The Kier molecular flexibility index (Phi) is 8.69. The maximum Gasteiger partial charge on any atom is 0.416 e. The standard InChI is InChI=1S/C27H37F3N6O/c1-3-33(4-2)21-26(22-6-5-7-23(18-22)27(28,29)30)8-12-36(13-9-26)25(37)20-34-14-16-35(17-15-34)24-19-31-10-11-32-24/h5-7,10-11,18-19H,3-4,8-9,12-17,20-21H2,1-2H3. The third-order valence-electron chi connectivity index (χ3n) is 7.90. The molecule has 3 heterocycles. The second-order valence-corrected chi connectivity index (χ2v) is 10.0. The number of benzene rings is 1. The van der Waals surface area contributed by atoms with Crippen molar-refractivity contribution in [3.05, 3.63) is 54.0 Å². The zero-order valence-corrected chi connectivity index (χ0v) is 21.8. The molecular weight excluding hydrogens is 481 g/mol. The van der Waals surface area contributed by atoms with Crippen molar-refractivity contribution in [1.29, 1.82) is 0 Å². The van der Waals surface area contributed by atoms with Gasteiger partial charge in [0.2, 0.25) is 5.91 Å². The van der Waals surface area contributed by atoms with Gasteiger partial charge in [0.25, 0.3) is 0 Å². The SMILES string of the molecule is CCN(CC)CC1(c2cccc(C(F)(F)F)c2)CCN(C(=O)CN2CCN(c3cnccn3)CC2)CC1. The van der Waals surface area contributed by atoms with Gasteiger partial charge >= 0.3 is 6.18 Å². The average Bonchev–Trinajstić information content (AvgIpc) is 2.92. The van der Waals surface area contributed by atoms with Crippen molar-refractivity contribution in [2.24, 2.45) is 0 Å². The summed E-state index contributed by atoms with van der Waals surface area (Å²) < 4.78 is 40.5. The van der Waals surface area contributed by atoms with Crippen LogP contribution in [-0.4, -0.2) is 96.0 Å². The van der Waals surface area contributed by atoms with E-state index in [0.29, 0.717) is 39.0 Å². The predicted octanol–water partition coefficient (Wildman–Crippen LogP) is 3.52. The van der Waals surface area contributed by atoms with Gasteiger partial charge in [0, 0.05) is 63.6 Å². The van der Waals surface area contributed by atoms with Crippen LogP contribution < -0.4 is 4.90 Å². The third kappa shape index (κ3) is 6.59. The Bertz CT molecular complexity index is 1010. The van der Waals surface area contributed by atoms with Crippen LogP contribution in [0.3, 0.4) is 0 Å². The Balaban J connectivity index is 1.39. The number of nitrogens with zero attached hydrogens (tertiary/aromatic N) is 6. The molecule has 1 amide bonds. The first kappa shape index (κ1) is 27.3. The Morgan fingerprint density at radius 2 is 1.73 bits per heavy atom. The molecule has 10 heteroatoms. The van der Waals surface area contributed by atoms with Crippen molar-refractivity contribution in [2.45, 2.75) is 38.3 Å².